The number of hydrogen-bond donors (Lipinski definition) is 3. The maximum absolute atomic E-state index is 11.3. The molecule has 0 aromatic heterocycles. The second kappa shape index (κ2) is 6.32. The molecule has 1 aromatic rings. The number of hydrogen-bond acceptors (Lipinski definition) is 3. The van der Waals surface area contributed by atoms with Gasteiger partial charge in [0.1, 0.15) is 6.04 Å². The molecule has 0 radical (unpaired) electrons. The third-order valence-electron chi connectivity index (χ3n) is 4.50. The van der Waals surface area contributed by atoms with E-state index in [2.05, 4.69) is 11.9 Å². The van der Waals surface area contributed by atoms with E-state index in [9.17, 15) is 14.7 Å². The van der Waals surface area contributed by atoms with Crippen molar-refractivity contribution in [3.63, 3.8) is 0 Å². The van der Waals surface area contributed by atoms with E-state index in [1.807, 2.05) is 32.0 Å². The zero-order valence-corrected chi connectivity index (χ0v) is 12.8. The standard InChI is InChI=1S/C17H21NO4/c1-9-4-5-12(6-10(9)2)11(3)14-8-18-16(17(21)22)13(14)7-15(19)20/h4-6,13-14,16,18H,3,7-8H2,1-2H3,(H,19,20)(H,21,22)/t13-,14+,16-/m1/s1. The zero-order valence-electron chi connectivity index (χ0n) is 12.8. The van der Waals surface area contributed by atoms with Gasteiger partial charge in [0.2, 0.25) is 0 Å². The number of aryl methyl sites for hydroxylation is 2. The van der Waals surface area contributed by atoms with Crippen molar-refractivity contribution in [2.24, 2.45) is 11.8 Å². The highest BCUT2D eigenvalue weighted by Gasteiger charge is 2.42. The van der Waals surface area contributed by atoms with Crippen molar-refractivity contribution >= 4 is 17.5 Å². The van der Waals surface area contributed by atoms with Gasteiger partial charge in [0.05, 0.1) is 6.42 Å². The van der Waals surface area contributed by atoms with Gasteiger partial charge in [-0.15, -0.1) is 0 Å². The zero-order chi connectivity index (χ0) is 16.4. The Labute approximate surface area is 129 Å². The van der Waals surface area contributed by atoms with E-state index >= 15 is 0 Å². The van der Waals surface area contributed by atoms with Crippen LogP contribution in [0.5, 0.6) is 0 Å². The van der Waals surface area contributed by atoms with E-state index in [1.54, 1.807) is 0 Å². The lowest BCUT2D eigenvalue weighted by molar-refractivity contribution is -0.142. The second-order valence-corrected chi connectivity index (χ2v) is 5.92. The summed E-state index contributed by atoms with van der Waals surface area (Å²) >= 11 is 0. The van der Waals surface area contributed by atoms with Gasteiger partial charge in [0.25, 0.3) is 0 Å². The number of rotatable bonds is 5. The van der Waals surface area contributed by atoms with Crippen LogP contribution in [-0.2, 0) is 9.59 Å². The van der Waals surface area contributed by atoms with Crippen LogP contribution in [-0.4, -0.2) is 34.7 Å². The highest BCUT2D eigenvalue weighted by atomic mass is 16.4. The van der Waals surface area contributed by atoms with Crippen LogP contribution in [0.3, 0.4) is 0 Å². The third kappa shape index (κ3) is 3.20. The Kier molecular flexibility index (Phi) is 4.66. The summed E-state index contributed by atoms with van der Waals surface area (Å²) in [5, 5.41) is 21.3. The Morgan fingerprint density at radius 3 is 2.50 bits per heavy atom. The summed E-state index contributed by atoms with van der Waals surface area (Å²) in [6.07, 6.45) is -0.182. The second-order valence-electron chi connectivity index (χ2n) is 5.92. The van der Waals surface area contributed by atoms with Gasteiger partial charge in [-0.25, -0.2) is 0 Å². The SMILES string of the molecule is C=C(c1ccc(C)c(C)c1)[C@@H]1CN[C@@H](C(=O)O)[C@@H]1CC(=O)O. The maximum atomic E-state index is 11.3. The summed E-state index contributed by atoms with van der Waals surface area (Å²) in [5.74, 6) is -2.69. The highest BCUT2D eigenvalue weighted by Crippen LogP contribution is 2.36. The average molecular weight is 303 g/mol. The largest absolute Gasteiger partial charge is 0.481 e. The molecule has 5 nitrogen and oxygen atoms in total. The van der Waals surface area contributed by atoms with Crippen LogP contribution in [0.2, 0.25) is 0 Å². The lowest BCUT2D eigenvalue weighted by atomic mass is 9.80. The molecular weight excluding hydrogens is 282 g/mol. The van der Waals surface area contributed by atoms with Crippen LogP contribution >= 0.6 is 0 Å². The predicted molar refractivity (Wildman–Crippen MR) is 83.6 cm³/mol. The quantitative estimate of drug-likeness (QED) is 0.775. The first-order valence-electron chi connectivity index (χ1n) is 7.25. The fourth-order valence-corrected chi connectivity index (χ4v) is 3.06. The van der Waals surface area contributed by atoms with Crippen LogP contribution in [0.15, 0.2) is 24.8 Å². The van der Waals surface area contributed by atoms with Gasteiger partial charge in [-0.1, -0.05) is 24.8 Å². The molecule has 5 heteroatoms. The molecule has 1 fully saturated rings. The molecule has 2 rings (SSSR count). The topological polar surface area (TPSA) is 86.6 Å². The van der Waals surface area contributed by atoms with Crippen molar-refractivity contribution in [1.82, 2.24) is 5.32 Å². The molecule has 0 spiro atoms. The lowest BCUT2D eigenvalue weighted by Gasteiger charge is -2.22. The Morgan fingerprint density at radius 1 is 1.27 bits per heavy atom. The van der Waals surface area contributed by atoms with Gasteiger partial charge in [-0.3, -0.25) is 9.59 Å². The van der Waals surface area contributed by atoms with E-state index in [0.29, 0.717) is 6.54 Å². The predicted octanol–water partition coefficient (Wildman–Crippen LogP) is 2.08. The molecule has 118 valence electrons. The normalized spacial score (nSPS) is 24.2. The van der Waals surface area contributed by atoms with Gasteiger partial charge in [0.15, 0.2) is 0 Å². The van der Waals surface area contributed by atoms with Crippen molar-refractivity contribution in [3.05, 3.63) is 41.5 Å². The first kappa shape index (κ1) is 16.2. The molecule has 0 bridgehead atoms. The molecule has 1 heterocycles. The minimum absolute atomic E-state index is 0.182. The minimum Gasteiger partial charge on any atom is -0.481 e. The molecule has 3 atom stereocenters. The van der Waals surface area contributed by atoms with Crippen molar-refractivity contribution in [2.75, 3.05) is 6.54 Å². The molecule has 3 N–H and O–H groups in total. The van der Waals surface area contributed by atoms with E-state index in [0.717, 1.165) is 16.7 Å². The van der Waals surface area contributed by atoms with E-state index in [1.165, 1.54) is 5.56 Å². The molecule has 1 aromatic carbocycles. The van der Waals surface area contributed by atoms with Crippen molar-refractivity contribution in [2.45, 2.75) is 26.3 Å². The molecule has 0 amide bonds. The molecule has 0 unspecified atom stereocenters. The van der Waals surface area contributed by atoms with Crippen molar-refractivity contribution < 1.29 is 19.8 Å². The summed E-state index contributed by atoms with van der Waals surface area (Å²) < 4.78 is 0. The van der Waals surface area contributed by atoms with Gasteiger partial charge < -0.3 is 15.5 Å². The Hall–Kier alpha value is -2.14. The molecular formula is C17H21NO4. The lowest BCUT2D eigenvalue weighted by Crippen LogP contribution is -2.36. The average Bonchev–Trinajstić information content (AvgIpc) is 2.84. The summed E-state index contributed by atoms with van der Waals surface area (Å²) in [7, 11) is 0. The number of nitrogens with one attached hydrogen (secondary N) is 1. The van der Waals surface area contributed by atoms with Crippen molar-refractivity contribution in [1.29, 1.82) is 0 Å². The first-order chi connectivity index (χ1) is 10.3. The third-order valence-corrected chi connectivity index (χ3v) is 4.50. The number of carbonyl (C=O) groups is 2. The van der Waals surface area contributed by atoms with Crippen molar-refractivity contribution in [3.8, 4) is 0 Å². The molecule has 1 aliphatic heterocycles. The number of benzene rings is 1. The number of carboxylic acid groups (broad SMARTS) is 2. The molecule has 1 saturated heterocycles. The van der Waals surface area contributed by atoms with E-state index < -0.39 is 23.9 Å². The van der Waals surface area contributed by atoms with E-state index in [-0.39, 0.29) is 12.3 Å². The number of carboxylic acids is 2. The van der Waals surface area contributed by atoms with Crippen LogP contribution < -0.4 is 5.32 Å². The fraction of sp³-hybridized carbons (Fsp3) is 0.412. The summed E-state index contributed by atoms with van der Waals surface area (Å²) in [4.78, 5) is 22.4. The van der Waals surface area contributed by atoms with Gasteiger partial charge >= 0.3 is 11.9 Å². The maximum Gasteiger partial charge on any atom is 0.321 e. The Morgan fingerprint density at radius 2 is 1.95 bits per heavy atom. The van der Waals surface area contributed by atoms with Crippen LogP contribution in [0, 0.1) is 25.7 Å². The summed E-state index contributed by atoms with van der Waals surface area (Å²) in [6.45, 7) is 8.56. The number of aliphatic carboxylic acids is 2. The first-order valence-corrected chi connectivity index (χ1v) is 7.25. The molecule has 0 aliphatic carbocycles. The Balaban J connectivity index is 2.28. The summed E-state index contributed by atoms with van der Waals surface area (Å²) in [5.41, 5.74) is 4.04. The van der Waals surface area contributed by atoms with E-state index in [4.69, 9.17) is 5.11 Å². The minimum atomic E-state index is -1.01. The molecule has 1 aliphatic rings. The highest BCUT2D eigenvalue weighted by molar-refractivity contribution is 5.78. The molecule has 22 heavy (non-hydrogen) atoms. The smallest absolute Gasteiger partial charge is 0.321 e. The Bertz CT molecular complexity index is 623. The van der Waals surface area contributed by atoms with Gasteiger partial charge in [-0.05, 0) is 36.1 Å². The fourth-order valence-electron chi connectivity index (χ4n) is 3.06. The summed E-state index contributed by atoms with van der Waals surface area (Å²) in [6, 6.07) is 5.13. The molecule has 0 saturated carbocycles. The monoisotopic (exact) mass is 303 g/mol. The van der Waals surface area contributed by atoms with Crippen LogP contribution in [0.1, 0.15) is 23.1 Å². The van der Waals surface area contributed by atoms with Crippen LogP contribution in [0.25, 0.3) is 5.57 Å². The van der Waals surface area contributed by atoms with Gasteiger partial charge in [-0.2, -0.15) is 0 Å². The van der Waals surface area contributed by atoms with Gasteiger partial charge in [0, 0.05) is 18.4 Å². The van der Waals surface area contributed by atoms with Crippen LogP contribution in [0.4, 0.5) is 0 Å².